The van der Waals surface area contributed by atoms with Gasteiger partial charge in [-0.3, -0.25) is 0 Å². The van der Waals surface area contributed by atoms with E-state index in [0.29, 0.717) is 0 Å². The number of hydrogen-bond acceptors (Lipinski definition) is 4. The number of nitrogens with zero attached hydrogens (tertiary/aromatic N) is 3. The molecule has 4 nitrogen and oxygen atoms in total. The van der Waals surface area contributed by atoms with Crippen LogP contribution < -0.4 is 9.64 Å². The maximum atomic E-state index is 5.93. The molecule has 1 aliphatic rings. The Balaban J connectivity index is 1.93. The number of piperazine rings is 1. The first-order valence-corrected chi connectivity index (χ1v) is 9.59. The van der Waals surface area contributed by atoms with Gasteiger partial charge >= 0.3 is 0 Å². The first kappa shape index (κ1) is 19.1. The van der Waals surface area contributed by atoms with Crippen LogP contribution in [-0.2, 0) is 6.42 Å². The standard InChI is InChI=1S/C20H35N3O/c1-5-23(6-2)19-11-10-18(20(17-19)24-7-3)9-8-12-22-15-13-21(4)14-16-22/h10-11,17H,5-9,12-16H2,1-4H3. The van der Waals surface area contributed by atoms with Crippen molar-refractivity contribution in [3.63, 3.8) is 0 Å². The topological polar surface area (TPSA) is 19.0 Å². The van der Waals surface area contributed by atoms with Gasteiger partial charge in [0, 0.05) is 51.0 Å². The lowest BCUT2D eigenvalue weighted by Crippen LogP contribution is -2.44. The molecule has 4 heteroatoms. The van der Waals surface area contributed by atoms with E-state index < -0.39 is 0 Å². The lowest BCUT2D eigenvalue weighted by Gasteiger charge is -2.32. The Morgan fingerprint density at radius 2 is 1.75 bits per heavy atom. The number of ether oxygens (including phenoxy) is 1. The zero-order valence-corrected chi connectivity index (χ0v) is 16.1. The number of anilines is 1. The minimum Gasteiger partial charge on any atom is -0.494 e. The third kappa shape index (κ3) is 5.38. The molecule has 1 heterocycles. The maximum Gasteiger partial charge on any atom is 0.124 e. The number of aryl methyl sites for hydroxylation is 1. The summed E-state index contributed by atoms with van der Waals surface area (Å²) in [6, 6.07) is 6.74. The number of hydrogen-bond donors (Lipinski definition) is 0. The summed E-state index contributed by atoms with van der Waals surface area (Å²) in [6.07, 6.45) is 2.30. The van der Waals surface area contributed by atoms with Gasteiger partial charge in [-0.05, 0) is 58.8 Å². The van der Waals surface area contributed by atoms with Crippen LogP contribution in [0.1, 0.15) is 32.8 Å². The van der Waals surface area contributed by atoms with Crippen molar-refractivity contribution in [1.29, 1.82) is 0 Å². The molecule has 1 aromatic rings. The van der Waals surface area contributed by atoms with E-state index in [0.717, 1.165) is 31.9 Å². The molecule has 0 radical (unpaired) electrons. The van der Waals surface area contributed by atoms with Crippen molar-refractivity contribution in [2.75, 3.05) is 64.4 Å². The van der Waals surface area contributed by atoms with Gasteiger partial charge in [0.25, 0.3) is 0 Å². The molecule has 1 aromatic carbocycles. The van der Waals surface area contributed by atoms with E-state index in [4.69, 9.17) is 4.74 Å². The third-order valence-corrected chi connectivity index (χ3v) is 5.00. The molecule has 24 heavy (non-hydrogen) atoms. The number of benzene rings is 1. The summed E-state index contributed by atoms with van der Waals surface area (Å²) < 4.78 is 5.93. The van der Waals surface area contributed by atoms with E-state index in [-0.39, 0.29) is 0 Å². The fourth-order valence-electron chi connectivity index (χ4n) is 3.39. The Labute approximate surface area is 148 Å². The van der Waals surface area contributed by atoms with Crippen molar-refractivity contribution < 1.29 is 4.74 Å². The summed E-state index contributed by atoms with van der Waals surface area (Å²) in [5.41, 5.74) is 2.62. The molecule has 0 N–H and O–H groups in total. The molecule has 0 atom stereocenters. The Bertz CT molecular complexity index is 480. The van der Waals surface area contributed by atoms with Crippen LogP contribution in [0.3, 0.4) is 0 Å². The summed E-state index contributed by atoms with van der Waals surface area (Å²) in [6.45, 7) is 15.3. The Morgan fingerprint density at radius 1 is 1.04 bits per heavy atom. The normalized spacial score (nSPS) is 16.3. The molecule has 0 saturated carbocycles. The lowest BCUT2D eigenvalue weighted by molar-refractivity contribution is 0.153. The zero-order chi connectivity index (χ0) is 17.4. The first-order valence-electron chi connectivity index (χ1n) is 9.59. The van der Waals surface area contributed by atoms with Crippen LogP contribution in [0, 0.1) is 0 Å². The van der Waals surface area contributed by atoms with Crippen LogP contribution in [0.2, 0.25) is 0 Å². The van der Waals surface area contributed by atoms with Crippen molar-refractivity contribution in [1.82, 2.24) is 9.80 Å². The highest BCUT2D eigenvalue weighted by Crippen LogP contribution is 2.27. The van der Waals surface area contributed by atoms with Crippen LogP contribution in [0.15, 0.2) is 18.2 Å². The summed E-state index contributed by atoms with van der Waals surface area (Å²) >= 11 is 0. The van der Waals surface area contributed by atoms with Gasteiger partial charge in [-0.25, -0.2) is 0 Å². The van der Waals surface area contributed by atoms with Crippen LogP contribution in [0.5, 0.6) is 5.75 Å². The zero-order valence-electron chi connectivity index (χ0n) is 16.1. The second-order valence-electron chi connectivity index (χ2n) is 6.65. The van der Waals surface area contributed by atoms with E-state index in [1.807, 2.05) is 0 Å². The van der Waals surface area contributed by atoms with E-state index in [2.05, 4.69) is 60.7 Å². The van der Waals surface area contributed by atoms with Crippen LogP contribution >= 0.6 is 0 Å². The monoisotopic (exact) mass is 333 g/mol. The van der Waals surface area contributed by atoms with Crippen molar-refractivity contribution in [3.05, 3.63) is 23.8 Å². The first-order chi connectivity index (χ1) is 11.7. The number of likely N-dealkylation sites (N-methyl/N-ethyl adjacent to an activating group) is 1. The molecule has 0 aromatic heterocycles. The van der Waals surface area contributed by atoms with E-state index in [1.54, 1.807) is 0 Å². The highest BCUT2D eigenvalue weighted by Gasteiger charge is 2.14. The van der Waals surface area contributed by atoms with Gasteiger partial charge in [0.15, 0.2) is 0 Å². The lowest BCUT2D eigenvalue weighted by atomic mass is 10.1. The van der Waals surface area contributed by atoms with Crippen molar-refractivity contribution in [2.45, 2.75) is 33.6 Å². The fourth-order valence-corrected chi connectivity index (χ4v) is 3.39. The van der Waals surface area contributed by atoms with Gasteiger partial charge in [0.1, 0.15) is 5.75 Å². The molecule has 1 saturated heterocycles. The third-order valence-electron chi connectivity index (χ3n) is 5.00. The van der Waals surface area contributed by atoms with Gasteiger partial charge in [-0.15, -0.1) is 0 Å². The Hall–Kier alpha value is -1.26. The molecule has 0 spiro atoms. The molecule has 1 aliphatic heterocycles. The Kier molecular flexibility index (Phi) is 7.86. The summed E-state index contributed by atoms with van der Waals surface area (Å²) in [5, 5.41) is 0. The molecule has 0 aliphatic carbocycles. The second kappa shape index (κ2) is 9.90. The van der Waals surface area contributed by atoms with Crippen molar-refractivity contribution in [2.24, 2.45) is 0 Å². The predicted molar refractivity (Wildman–Crippen MR) is 103 cm³/mol. The quantitative estimate of drug-likeness (QED) is 0.691. The summed E-state index contributed by atoms with van der Waals surface area (Å²) in [5.74, 6) is 1.07. The fraction of sp³-hybridized carbons (Fsp3) is 0.700. The SMILES string of the molecule is CCOc1cc(N(CC)CC)ccc1CCCN1CCN(C)CC1. The molecule has 1 fully saturated rings. The maximum absolute atomic E-state index is 5.93. The average Bonchev–Trinajstić information content (AvgIpc) is 2.60. The van der Waals surface area contributed by atoms with Crippen LogP contribution in [0.25, 0.3) is 0 Å². The highest BCUT2D eigenvalue weighted by molar-refractivity contribution is 5.53. The van der Waals surface area contributed by atoms with Gasteiger partial charge in [-0.2, -0.15) is 0 Å². The van der Waals surface area contributed by atoms with E-state index in [1.165, 1.54) is 50.4 Å². The molecule has 0 unspecified atom stereocenters. The van der Waals surface area contributed by atoms with E-state index >= 15 is 0 Å². The molecule has 0 bridgehead atoms. The minimum absolute atomic E-state index is 0.729. The molecular formula is C20H35N3O. The van der Waals surface area contributed by atoms with Gasteiger partial charge in [0.05, 0.1) is 6.61 Å². The van der Waals surface area contributed by atoms with Crippen molar-refractivity contribution >= 4 is 5.69 Å². The molecule has 2 rings (SSSR count). The minimum atomic E-state index is 0.729. The van der Waals surface area contributed by atoms with Gasteiger partial charge in [0.2, 0.25) is 0 Å². The summed E-state index contributed by atoms with van der Waals surface area (Å²) in [7, 11) is 2.21. The van der Waals surface area contributed by atoms with Crippen molar-refractivity contribution in [3.8, 4) is 5.75 Å². The smallest absolute Gasteiger partial charge is 0.124 e. The highest BCUT2D eigenvalue weighted by atomic mass is 16.5. The average molecular weight is 334 g/mol. The number of rotatable bonds is 9. The van der Waals surface area contributed by atoms with Gasteiger partial charge < -0.3 is 19.4 Å². The van der Waals surface area contributed by atoms with Gasteiger partial charge in [-0.1, -0.05) is 6.07 Å². The predicted octanol–water partition coefficient (Wildman–Crippen LogP) is 3.11. The summed E-state index contributed by atoms with van der Waals surface area (Å²) in [4.78, 5) is 7.37. The van der Waals surface area contributed by atoms with Crippen LogP contribution in [-0.4, -0.2) is 69.3 Å². The molecule has 0 amide bonds. The Morgan fingerprint density at radius 3 is 2.38 bits per heavy atom. The van der Waals surface area contributed by atoms with E-state index in [9.17, 15) is 0 Å². The van der Waals surface area contributed by atoms with Crippen LogP contribution in [0.4, 0.5) is 5.69 Å². The molecular weight excluding hydrogens is 298 g/mol. The largest absolute Gasteiger partial charge is 0.494 e. The second-order valence-corrected chi connectivity index (χ2v) is 6.65. The molecule has 136 valence electrons.